The number of Topliss-reactive ketones (excluding diaryl/α,β-unsaturated/α-hetero) is 1. The number of ketones is 1. The molecule has 2 rings (SSSR count). The predicted octanol–water partition coefficient (Wildman–Crippen LogP) is 1.66. The highest BCUT2D eigenvalue weighted by Crippen LogP contribution is 2.16. The fraction of sp³-hybridized carbons (Fsp3) is 0.471. The summed E-state index contributed by atoms with van der Waals surface area (Å²) in [6.45, 7) is 4.36. The van der Waals surface area contributed by atoms with Crippen molar-refractivity contribution < 1.29 is 18.8 Å². The van der Waals surface area contributed by atoms with Crippen molar-refractivity contribution in [3.05, 3.63) is 35.6 Å². The predicted molar refractivity (Wildman–Crippen MR) is 82.8 cm³/mol. The van der Waals surface area contributed by atoms with Gasteiger partial charge in [0.2, 0.25) is 11.7 Å². The summed E-state index contributed by atoms with van der Waals surface area (Å²) in [5.74, 6) is -1.45. The average molecular weight is 320 g/mol. The lowest BCUT2D eigenvalue weighted by atomic mass is 10.1. The number of halogens is 1. The van der Waals surface area contributed by atoms with Crippen LogP contribution in [0.5, 0.6) is 0 Å². The lowest BCUT2D eigenvalue weighted by molar-refractivity contribution is -0.138. The molecule has 1 heterocycles. The molecule has 1 aliphatic heterocycles. The highest BCUT2D eigenvalue weighted by atomic mass is 19.1. The van der Waals surface area contributed by atoms with Gasteiger partial charge in [0.1, 0.15) is 5.82 Å². The van der Waals surface area contributed by atoms with Crippen LogP contribution in [0.15, 0.2) is 24.3 Å². The summed E-state index contributed by atoms with van der Waals surface area (Å²) in [7, 11) is 0. The molecule has 0 bridgehead atoms. The standard InChI is InChI=1S/C17H21FN2O3/c1-11(2)6-15(21)17(23)19-14-8-16(22)20(10-14)9-12-4-3-5-13(18)7-12/h3-5,7,11,14H,6,8-10H2,1-2H3,(H,19,23)/t14-/m1/s1. The third kappa shape index (κ3) is 4.87. The van der Waals surface area contributed by atoms with Crippen molar-refractivity contribution in [3.63, 3.8) is 0 Å². The van der Waals surface area contributed by atoms with Crippen LogP contribution in [-0.2, 0) is 20.9 Å². The molecule has 0 aromatic heterocycles. The second-order valence-electron chi connectivity index (χ2n) is 6.30. The summed E-state index contributed by atoms with van der Waals surface area (Å²) >= 11 is 0. The smallest absolute Gasteiger partial charge is 0.287 e. The van der Waals surface area contributed by atoms with E-state index in [-0.39, 0.29) is 36.5 Å². The van der Waals surface area contributed by atoms with E-state index in [1.807, 2.05) is 13.8 Å². The van der Waals surface area contributed by atoms with E-state index in [9.17, 15) is 18.8 Å². The zero-order valence-electron chi connectivity index (χ0n) is 13.3. The molecule has 1 aromatic rings. The molecule has 1 aliphatic rings. The highest BCUT2D eigenvalue weighted by Gasteiger charge is 2.31. The van der Waals surface area contributed by atoms with Crippen molar-refractivity contribution in [3.8, 4) is 0 Å². The van der Waals surface area contributed by atoms with Gasteiger partial charge < -0.3 is 10.2 Å². The van der Waals surface area contributed by atoms with Gasteiger partial charge in [0, 0.05) is 25.9 Å². The second kappa shape index (κ2) is 7.35. The van der Waals surface area contributed by atoms with E-state index < -0.39 is 11.7 Å². The Morgan fingerprint density at radius 3 is 2.78 bits per heavy atom. The first-order chi connectivity index (χ1) is 10.8. The number of benzene rings is 1. The van der Waals surface area contributed by atoms with Gasteiger partial charge in [0.05, 0.1) is 6.04 Å². The van der Waals surface area contributed by atoms with E-state index in [0.717, 1.165) is 0 Å². The van der Waals surface area contributed by atoms with Crippen molar-refractivity contribution in [2.45, 2.75) is 39.3 Å². The number of nitrogens with one attached hydrogen (secondary N) is 1. The van der Waals surface area contributed by atoms with Gasteiger partial charge in [-0.25, -0.2) is 4.39 Å². The summed E-state index contributed by atoms with van der Waals surface area (Å²) in [4.78, 5) is 37.1. The third-order valence-corrected chi connectivity index (χ3v) is 3.66. The first kappa shape index (κ1) is 17.1. The van der Waals surface area contributed by atoms with E-state index in [1.54, 1.807) is 17.0 Å². The first-order valence-electron chi connectivity index (χ1n) is 7.71. The largest absolute Gasteiger partial charge is 0.344 e. The summed E-state index contributed by atoms with van der Waals surface area (Å²) < 4.78 is 13.2. The van der Waals surface area contributed by atoms with Crippen molar-refractivity contribution in [1.29, 1.82) is 0 Å². The van der Waals surface area contributed by atoms with Crippen LogP contribution in [0.25, 0.3) is 0 Å². The van der Waals surface area contributed by atoms with Crippen LogP contribution in [0.3, 0.4) is 0 Å². The quantitative estimate of drug-likeness (QED) is 0.811. The van der Waals surface area contributed by atoms with Crippen LogP contribution in [0, 0.1) is 11.7 Å². The van der Waals surface area contributed by atoms with Crippen molar-refractivity contribution in [1.82, 2.24) is 10.2 Å². The number of nitrogens with zero attached hydrogens (tertiary/aromatic N) is 1. The fourth-order valence-corrected chi connectivity index (χ4v) is 2.61. The Kier molecular flexibility index (Phi) is 5.47. The van der Waals surface area contributed by atoms with Gasteiger partial charge in [0.15, 0.2) is 0 Å². The van der Waals surface area contributed by atoms with Crippen LogP contribution in [0.1, 0.15) is 32.3 Å². The molecule has 0 spiro atoms. The van der Waals surface area contributed by atoms with E-state index >= 15 is 0 Å². The maximum atomic E-state index is 13.2. The maximum absolute atomic E-state index is 13.2. The zero-order chi connectivity index (χ0) is 17.0. The molecule has 1 fully saturated rings. The van der Waals surface area contributed by atoms with Gasteiger partial charge in [0.25, 0.3) is 5.91 Å². The zero-order valence-corrected chi connectivity index (χ0v) is 13.3. The Balaban J connectivity index is 1.89. The SMILES string of the molecule is CC(C)CC(=O)C(=O)N[C@@H]1CC(=O)N(Cc2cccc(F)c2)C1. The normalized spacial score (nSPS) is 17.7. The van der Waals surface area contributed by atoms with Crippen LogP contribution >= 0.6 is 0 Å². The van der Waals surface area contributed by atoms with Crippen LogP contribution in [0.2, 0.25) is 0 Å². The molecular weight excluding hydrogens is 299 g/mol. The van der Waals surface area contributed by atoms with Gasteiger partial charge in [-0.05, 0) is 23.6 Å². The molecule has 1 N–H and O–H groups in total. The second-order valence-corrected chi connectivity index (χ2v) is 6.30. The number of hydrogen-bond donors (Lipinski definition) is 1. The number of carbonyl (C=O) groups is 3. The molecule has 1 aromatic carbocycles. The third-order valence-electron chi connectivity index (χ3n) is 3.66. The van der Waals surface area contributed by atoms with Gasteiger partial charge in [-0.2, -0.15) is 0 Å². The first-order valence-corrected chi connectivity index (χ1v) is 7.71. The van der Waals surface area contributed by atoms with Crippen molar-refractivity contribution in [2.24, 2.45) is 5.92 Å². The van der Waals surface area contributed by atoms with E-state index in [0.29, 0.717) is 18.7 Å². The number of amides is 2. The van der Waals surface area contributed by atoms with Crippen molar-refractivity contribution >= 4 is 17.6 Å². The Labute approximate surface area is 134 Å². The lowest BCUT2D eigenvalue weighted by Crippen LogP contribution is -2.41. The number of likely N-dealkylation sites (tertiary alicyclic amines) is 1. The van der Waals surface area contributed by atoms with E-state index in [2.05, 4.69) is 5.32 Å². The molecule has 2 amide bonds. The Morgan fingerprint density at radius 1 is 1.39 bits per heavy atom. The van der Waals surface area contributed by atoms with Crippen LogP contribution in [-0.4, -0.2) is 35.1 Å². The van der Waals surface area contributed by atoms with Crippen LogP contribution < -0.4 is 5.32 Å². The molecule has 1 saturated heterocycles. The molecule has 23 heavy (non-hydrogen) atoms. The fourth-order valence-electron chi connectivity index (χ4n) is 2.61. The van der Waals surface area contributed by atoms with Gasteiger partial charge in [-0.15, -0.1) is 0 Å². The summed E-state index contributed by atoms with van der Waals surface area (Å²) in [6, 6.07) is 5.69. The summed E-state index contributed by atoms with van der Waals surface area (Å²) in [6.07, 6.45) is 0.357. The summed E-state index contributed by atoms with van der Waals surface area (Å²) in [5, 5.41) is 2.62. The molecule has 124 valence electrons. The minimum atomic E-state index is -0.635. The molecule has 0 radical (unpaired) electrons. The van der Waals surface area contributed by atoms with Gasteiger partial charge in [-0.1, -0.05) is 26.0 Å². The number of carbonyl (C=O) groups excluding carboxylic acids is 3. The van der Waals surface area contributed by atoms with Crippen LogP contribution in [0.4, 0.5) is 4.39 Å². The Bertz CT molecular complexity index is 616. The Morgan fingerprint density at radius 2 is 2.13 bits per heavy atom. The minimum Gasteiger partial charge on any atom is -0.344 e. The van der Waals surface area contributed by atoms with Crippen molar-refractivity contribution in [2.75, 3.05) is 6.54 Å². The minimum absolute atomic E-state index is 0.114. The molecular formula is C17H21FN2O3. The van der Waals surface area contributed by atoms with E-state index in [4.69, 9.17) is 0 Å². The molecule has 0 aliphatic carbocycles. The highest BCUT2D eigenvalue weighted by molar-refractivity contribution is 6.36. The number of hydrogen-bond acceptors (Lipinski definition) is 3. The van der Waals surface area contributed by atoms with Gasteiger partial charge >= 0.3 is 0 Å². The molecule has 5 nitrogen and oxygen atoms in total. The number of rotatable bonds is 6. The monoisotopic (exact) mass is 320 g/mol. The average Bonchev–Trinajstić information content (AvgIpc) is 2.78. The Hall–Kier alpha value is -2.24. The maximum Gasteiger partial charge on any atom is 0.287 e. The lowest BCUT2D eigenvalue weighted by Gasteiger charge is -2.17. The summed E-state index contributed by atoms with van der Waals surface area (Å²) in [5.41, 5.74) is 0.696. The van der Waals surface area contributed by atoms with Gasteiger partial charge in [-0.3, -0.25) is 14.4 Å². The topological polar surface area (TPSA) is 66.5 Å². The molecule has 6 heteroatoms. The molecule has 1 atom stereocenters. The van der Waals surface area contributed by atoms with E-state index in [1.165, 1.54) is 12.1 Å². The molecule has 0 saturated carbocycles. The molecule has 0 unspecified atom stereocenters.